The van der Waals surface area contributed by atoms with Gasteiger partial charge in [-0.1, -0.05) is 24.3 Å². The first-order valence-corrected chi connectivity index (χ1v) is 6.94. The highest BCUT2D eigenvalue weighted by atomic mass is 16.1. The molecule has 1 aromatic rings. The van der Waals surface area contributed by atoms with Crippen molar-refractivity contribution in [3.8, 4) is 0 Å². The fraction of sp³-hybridized carbons (Fsp3) is 0.562. The zero-order valence-electron chi connectivity index (χ0n) is 12.1. The number of rotatable bonds is 4. The smallest absolute Gasteiger partial charge is 0.224 e. The predicted octanol–water partition coefficient (Wildman–Crippen LogP) is 2.18. The Hall–Kier alpha value is -1.35. The van der Waals surface area contributed by atoms with E-state index in [9.17, 15) is 4.79 Å². The van der Waals surface area contributed by atoms with E-state index in [1.165, 1.54) is 5.56 Å². The summed E-state index contributed by atoms with van der Waals surface area (Å²) in [6.07, 6.45) is 3.58. The second-order valence-electron chi connectivity index (χ2n) is 6.83. The highest BCUT2D eigenvalue weighted by molar-refractivity contribution is 5.79. The molecule has 0 atom stereocenters. The second kappa shape index (κ2) is 4.97. The van der Waals surface area contributed by atoms with Gasteiger partial charge in [-0.15, -0.1) is 0 Å². The Morgan fingerprint density at radius 2 is 1.95 bits per heavy atom. The third kappa shape index (κ3) is 4.67. The molecule has 1 amide bonds. The molecule has 3 nitrogen and oxygen atoms in total. The highest BCUT2D eigenvalue weighted by Crippen LogP contribution is 2.35. The summed E-state index contributed by atoms with van der Waals surface area (Å²) < 4.78 is 0. The van der Waals surface area contributed by atoms with Gasteiger partial charge in [0.25, 0.3) is 0 Å². The molecule has 0 aromatic heterocycles. The zero-order valence-corrected chi connectivity index (χ0v) is 12.1. The van der Waals surface area contributed by atoms with Crippen LogP contribution in [0.1, 0.15) is 44.7 Å². The number of nitrogens with two attached hydrogens (primary N) is 1. The Morgan fingerprint density at radius 3 is 2.53 bits per heavy atom. The lowest BCUT2D eigenvalue weighted by Gasteiger charge is -2.20. The largest absolute Gasteiger partial charge is 0.351 e. The van der Waals surface area contributed by atoms with Gasteiger partial charge in [0.1, 0.15) is 0 Å². The van der Waals surface area contributed by atoms with Crippen molar-refractivity contribution in [3.63, 3.8) is 0 Å². The Balaban J connectivity index is 1.97. The molecule has 2 rings (SSSR count). The second-order valence-corrected chi connectivity index (χ2v) is 6.83. The first kappa shape index (κ1) is 14.1. The molecule has 0 bridgehead atoms. The Labute approximate surface area is 115 Å². The number of hydrogen-bond donors (Lipinski definition) is 2. The van der Waals surface area contributed by atoms with Gasteiger partial charge in [0.05, 0.1) is 6.42 Å². The molecule has 0 spiro atoms. The van der Waals surface area contributed by atoms with Crippen molar-refractivity contribution in [1.82, 2.24) is 5.32 Å². The van der Waals surface area contributed by atoms with Crippen LogP contribution in [0.2, 0.25) is 0 Å². The summed E-state index contributed by atoms with van der Waals surface area (Å²) in [7, 11) is 0. The molecule has 0 saturated heterocycles. The molecule has 1 aromatic carbocycles. The van der Waals surface area contributed by atoms with Crippen LogP contribution in [0.15, 0.2) is 24.3 Å². The van der Waals surface area contributed by atoms with Crippen LogP contribution in [0.3, 0.4) is 0 Å². The minimum atomic E-state index is -0.177. The molecule has 1 aliphatic rings. The lowest BCUT2D eigenvalue weighted by atomic mass is 10.0. The maximum absolute atomic E-state index is 11.9. The number of carbonyl (C=O) groups excluding carboxylic acids is 1. The first-order chi connectivity index (χ1) is 8.76. The lowest BCUT2D eigenvalue weighted by Crippen LogP contribution is -2.41. The van der Waals surface area contributed by atoms with Crippen LogP contribution in [0.25, 0.3) is 0 Å². The summed E-state index contributed by atoms with van der Waals surface area (Å²) in [6, 6.07) is 8.22. The van der Waals surface area contributed by atoms with Gasteiger partial charge in [0.15, 0.2) is 0 Å². The molecule has 3 N–H and O–H groups in total. The number of amides is 1. The summed E-state index contributed by atoms with van der Waals surface area (Å²) in [6.45, 7) is 5.98. The summed E-state index contributed by atoms with van der Waals surface area (Å²) >= 11 is 0. The Kier molecular flexibility index (Phi) is 3.68. The van der Waals surface area contributed by atoms with Crippen LogP contribution in [0, 0.1) is 0 Å². The number of benzene rings is 1. The molecule has 3 heteroatoms. The molecule has 0 heterocycles. The van der Waals surface area contributed by atoms with Crippen LogP contribution in [-0.4, -0.2) is 17.0 Å². The van der Waals surface area contributed by atoms with Gasteiger partial charge < -0.3 is 11.1 Å². The van der Waals surface area contributed by atoms with Gasteiger partial charge in [-0.05, 0) is 51.2 Å². The van der Waals surface area contributed by atoms with E-state index in [0.717, 1.165) is 24.8 Å². The van der Waals surface area contributed by atoms with Crippen molar-refractivity contribution in [1.29, 1.82) is 0 Å². The van der Waals surface area contributed by atoms with E-state index in [4.69, 9.17) is 5.73 Å². The molecule has 1 saturated carbocycles. The van der Waals surface area contributed by atoms with Crippen LogP contribution in [0.5, 0.6) is 0 Å². The minimum absolute atomic E-state index is 0.0201. The predicted molar refractivity (Wildman–Crippen MR) is 77.9 cm³/mol. The van der Waals surface area contributed by atoms with E-state index < -0.39 is 0 Å². The van der Waals surface area contributed by atoms with Crippen LogP contribution in [-0.2, 0) is 17.6 Å². The van der Waals surface area contributed by atoms with E-state index in [1.54, 1.807) is 0 Å². The fourth-order valence-electron chi connectivity index (χ4n) is 2.24. The SMILES string of the molecule is CC(C)(C)NC(=O)Cc1cccc(CC2(N)CC2)c1. The zero-order chi connectivity index (χ0) is 14.1. The van der Waals surface area contributed by atoms with E-state index >= 15 is 0 Å². The normalized spacial score (nSPS) is 17.1. The number of hydrogen-bond acceptors (Lipinski definition) is 2. The van der Waals surface area contributed by atoms with Crippen LogP contribution in [0.4, 0.5) is 0 Å². The maximum Gasteiger partial charge on any atom is 0.224 e. The maximum atomic E-state index is 11.9. The van der Waals surface area contributed by atoms with Crippen molar-refractivity contribution < 1.29 is 4.79 Å². The molecule has 1 aliphatic carbocycles. The topological polar surface area (TPSA) is 55.1 Å². The minimum Gasteiger partial charge on any atom is -0.351 e. The Bertz CT molecular complexity index is 470. The molecule has 104 valence electrons. The molecule has 0 aliphatic heterocycles. The van der Waals surface area contributed by atoms with Crippen molar-refractivity contribution in [2.24, 2.45) is 5.73 Å². The summed E-state index contributed by atoms with van der Waals surface area (Å²) in [4.78, 5) is 11.9. The number of carbonyl (C=O) groups is 1. The summed E-state index contributed by atoms with van der Waals surface area (Å²) in [5.41, 5.74) is 8.27. The molecular formula is C16H24N2O. The summed E-state index contributed by atoms with van der Waals surface area (Å²) in [5, 5.41) is 2.98. The highest BCUT2D eigenvalue weighted by Gasteiger charge is 2.37. The van der Waals surface area contributed by atoms with Crippen LogP contribution < -0.4 is 11.1 Å². The molecule has 1 fully saturated rings. The number of nitrogens with one attached hydrogen (secondary N) is 1. The Morgan fingerprint density at radius 1 is 1.32 bits per heavy atom. The fourth-order valence-corrected chi connectivity index (χ4v) is 2.24. The van der Waals surface area contributed by atoms with E-state index in [-0.39, 0.29) is 17.0 Å². The van der Waals surface area contributed by atoms with Gasteiger partial charge in [-0.2, -0.15) is 0 Å². The molecular weight excluding hydrogens is 236 g/mol. The van der Waals surface area contributed by atoms with Crippen molar-refractivity contribution in [2.75, 3.05) is 0 Å². The molecule has 19 heavy (non-hydrogen) atoms. The van der Waals surface area contributed by atoms with Gasteiger partial charge in [0, 0.05) is 11.1 Å². The van der Waals surface area contributed by atoms with Crippen LogP contribution >= 0.6 is 0 Å². The average Bonchev–Trinajstić information content (AvgIpc) is 2.93. The molecule has 0 radical (unpaired) electrons. The van der Waals surface area contributed by atoms with E-state index in [2.05, 4.69) is 17.4 Å². The van der Waals surface area contributed by atoms with E-state index in [0.29, 0.717) is 6.42 Å². The summed E-state index contributed by atoms with van der Waals surface area (Å²) in [5.74, 6) is 0.0681. The van der Waals surface area contributed by atoms with Gasteiger partial charge in [0.2, 0.25) is 5.91 Å². The quantitative estimate of drug-likeness (QED) is 0.872. The monoisotopic (exact) mass is 260 g/mol. The third-order valence-electron chi connectivity index (χ3n) is 3.32. The van der Waals surface area contributed by atoms with Gasteiger partial charge in [-0.3, -0.25) is 4.79 Å². The first-order valence-electron chi connectivity index (χ1n) is 6.94. The molecule has 0 unspecified atom stereocenters. The van der Waals surface area contributed by atoms with E-state index in [1.807, 2.05) is 32.9 Å². The standard InChI is InChI=1S/C16H24N2O/c1-15(2,3)18-14(19)10-12-5-4-6-13(9-12)11-16(17)7-8-16/h4-6,9H,7-8,10-11,17H2,1-3H3,(H,18,19). The van der Waals surface area contributed by atoms with Gasteiger partial charge >= 0.3 is 0 Å². The van der Waals surface area contributed by atoms with Crippen molar-refractivity contribution in [3.05, 3.63) is 35.4 Å². The lowest BCUT2D eigenvalue weighted by molar-refractivity contribution is -0.121. The third-order valence-corrected chi connectivity index (χ3v) is 3.32. The van der Waals surface area contributed by atoms with Crippen molar-refractivity contribution in [2.45, 2.75) is 57.5 Å². The van der Waals surface area contributed by atoms with Crippen molar-refractivity contribution >= 4 is 5.91 Å². The van der Waals surface area contributed by atoms with Gasteiger partial charge in [-0.25, -0.2) is 0 Å². The average molecular weight is 260 g/mol.